The minimum Gasteiger partial charge on any atom is -0.481 e. The molecule has 6 nitrogen and oxygen atoms in total. The molecule has 2 aliphatic rings. The number of carboxylic acid groups (broad SMARTS) is 1. The van der Waals surface area contributed by atoms with Crippen LogP contribution < -0.4 is 0 Å². The van der Waals surface area contributed by atoms with E-state index in [4.69, 9.17) is 11.6 Å². The fourth-order valence-electron chi connectivity index (χ4n) is 4.50. The zero-order chi connectivity index (χ0) is 25.4. The molecule has 0 unspecified atom stereocenters. The minimum absolute atomic E-state index is 0.0262. The molecule has 0 saturated carbocycles. The highest BCUT2D eigenvalue weighted by atomic mass is 35.5. The van der Waals surface area contributed by atoms with Crippen molar-refractivity contribution in [1.29, 1.82) is 0 Å². The van der Waals surface area contributed by atoms with Gasteiger partial charge >= 0.3 is 12.1 Å². The summed E-state index contributed by atoms with van der Waals surface area (Å²) in [6.07, 6.45) is 0.429. The van der Waals surface area contributed by atoms with Gasteiger partial charge in [-0.05, 0) is 54.3 Å². The molecule has 2 aromatic carbocycles. The average Bonchev–Trinajstić information content (AvgIpc) is 3.46. The maximum Gasteiger partial charge on any atom is 0.416 e. The van der Waals surface area contributed by atoms with Crippen LogP contribution in [0.1, 0.15) is 29.5 Å². The van der Waals surface area contributed by atoms with E-state index in [1.165, 1.54) is 12.1 Å². The lowest BCUT2D eigenvalue weighted by Crippen LogP contribution is -2.38. The van der Waals surface area contributed by atoms with Crippen LogP contribution >= 0.6 is 23.4 Å². The molecule has 0 amide bonds. The van der Waals surface area contributed by atoms with E-state index in [0.717, 1.165) is 32.6 Å². The number of hydrogen-bond donors (Lipinski definition) is 1. The predicted octanol–water partition coefficient (Wildman–Crippen LogP) is 6.00. The third-order valence-electron chi connectivity index (χ3n) is 6.40. The second kappa shape index (κ2) is 9.82. The molecule has 0 aliphatic carbocycles. The Labute approximate surface area is 214 Å². The van der Waals surface area contributed by atoms with Gasteiger partial charge in [-0.15, -0.1) is 0 Å². The van der Waals surface area contributed by atoms with Gasteiger partial charge in [-0.3, -0.25) is 14.5 Å². The Bertz CT molecular complexity index is 1380. The smallest absolute Gasteiger partial charge is 0.416 e. The molecule has 36 heavy (non-hydrogen) atoms. The van der Waals surface area contributed by atoms with Crippen molar-refractivity contribution in [1.82, 2.24) is 14.7 Å². The van der Waals surface area contributed by atoms with Crippen molar-refractivity contribution in [3.05, 3.63) is 69.2 Å². The number of piperidine rings is 1. The summed E-state index contributed by atoms with van der Waals surface area (Å²) in [4.78, 5) is 19.0. The summed E-state index contributed by atoms with van der Waals surface area (Å²) >= 11 is 7.39. The third kappa shape index (κ3) is 5.24. The number of alkyl halides is 3. The van der Waals surface area contributed by atoms with E-state index in [1.807, 2.05) is 24.3 Å². The van der Waals surface area contributed by atoms with Gasteiger partial charge < -0.3 is 10.0 Å². The molecule has 0 radical (unpaired) electrons. The van der Waals surface area contributed by atoms with Gasteiger partial charge in [0.2, 0.25) is 0 Å². The lowest BCUT2D eigenvalue weighted by Gasteiger charge is -2.30. The Morgan fingerprint density at radius 1 is 1.19 bits per heavy atom. The SMILES string of the molecule is O=C(O)C1CCN(C2=NCC(=Cc3ccc4c(cnn4Cc4ccc(Cl)cc4C(F)(F)F)c3)S2)CC1. The molecule has 1 saturated heterocycles. The van der Waals surface area contributed by atoms with Crippen LogP contribution in [0.4, 0.5) is 13.2 Å². The summed E-state index contributed by atoms with van der Waals surface area (Å²) in [5, 5.41) is 15.3. The Hall–Kier alpha value is -2.98. The quantitative estimate of drug-likeness (QED) is 0.445. The van der Waals surface area contributed by atoms with Crippen molar-refractivity contribution in [3.63, 3.8) is 0 Å². The first-order valence-corrected chi connectivity index (χ1v) is 12.6. The van der Waals surface area contributed by atoms with Gasteiger partial charge in [0.25, 0.3) is 0 Å². The summed E-state index contributed by atoms with van der Waals surface area (Å²) in [5.74, 6) is -1.01. The monoisotopic (exact) mass is 534 g/mol. The number of hydrogen-bond acceptors (Lipinski definition) is 5. The first kappa shape index (κ1) is 24.7. The molecule has 0 spiro atoms. The molecule has 1 N–H and O–H groups in total. The van der Waals surface area contributed by atoms with Gasteiger partial charge in [0, 0.05) is 28.4 Å². The molecule has 0 atom stereocenters. The molecule has 3 aromatic rings. The van der Waals surface area contributed by atoms with Crippen LogP contribution in [-0.4, -0.2) is 50.6 Å². The van der Waals surface area contributed by atoms with Gasteiger partial charge in [0.05, 0.1) is 36.3 Å². The number of carboxylic acids is 1. The first-order valence-electron chi connectivity index (χ1n) is 11.4. The molecule has 188 valence electrons. The molecule has 5 rings (SSSR count). The lowest BCUT2D eigenvalue weighted by molar-refractivity contribution is -0.143. The van der Waals surface area contributed by atoms with Crippen LogP contribution in [0.15, 0.2) is 52.5 Å². The maximum absolute atomic E-state index is 13.5. The van der Waals surface area contributed by atoms with Crippen molar-refractivity contribution in [3.8, 4) is 0 Å². The number of halogens is 4. The second-order valence-corrected chi connectivity index (χ2v) is 10.4. The van der Waals surface area contributed by atoms with Crippen LogP contribution in [0, 0.1) is 5.92 Å². The summed E-state index contributed by atoms with van der Waals surface area (Å²) < 4.78 is 42.0. The van der Waals surface area contributed by atoms with Crippen LogP contribution in [0.5, 0.6) is 0 Å². The number of fused-ring (bicyclic) bond motifs is 1. The molecular formula is C25H22ClF3N4O2S. The summed E-state index contributed by atoms with van der Waals surface area (Å²) in [6, 6.07) is 9.50. The second-order valence-electron chi connectivity index (χ2n) is 8.83. The van der Waals surface area contributed by atoms with E-state index < -0.39 is 17.7 Å². The standard InChI is InChI=1S/C25H22ClF3N4O2S/c26-19-3-2-17(21(11-19)25(27,28)29)14-33-22-4-1-15(9-18(22)12-31-33)10-20-13-30-24(36-20)32-7-5-16(6-8-32)23(34)35/h1-4,9-12,16H,5-8,13-14H2,(H,34,35). The summed E-state index contributed by atoms with van der Waals surface area (Å²) in [7, 11) is 0. The number of thioether (sulfide) groups is 1. The Balaban J connectivity index is 1.29. The number of benzene rings is 2. The maximum atomic E-state index is 13.5. The molecule has 0 bridgehead atoms. The number of nitrogens with zero attached hydrogens (tertiary/aromatic N) is 4. The highest BCUT2D eigenvalue weighted by Gasteiger charge is 2.33. The normalized spacial score (nSPS) is 18.3. The Morgan fingerprint density at radius 3 is 2.69 bits per heavy atom. The van der Waals surface area contributed by atoms with E-state index in [0.29, 0.717) is 32.5 Å². The fourth-order valence-corrected chi connectivity index (χ4v) is 5.68. The summed E-state index contributed by atoms with van der Waals surface area (Å²) in [6.45, 7) is 1.91. The van der Waals surface area contributed by atoms with Crippen molar-refractivity contribution in [2.75, 3.05) is 19.6 Å². The third-order valence-corrected chi connectivity index (χ3v) is 7.71. The molecule has 1 aromatic heterocycles. The highest BCUT2D eigenvalue weighted by molar-refractivity contribution is 8.17. The molecular weight excluding hydrogens is 513 g/mol. The molecule has 3 heterocycles. The van der Waals surface area contributed by atoms with Gasteiger partial charge in [-0.2, -0.15) is 18.3 Å². The molecule has 2 aliphatic heterocycles. The van der Waals surface area contributed by atoms with Crippen molar-refractivity contribution in [2.45, 2.75) is 25.6 Å². The van der Waals surface area contributed by atoms with Gasteiger partial charge in [-0.25, -0.2) is 0 Å². The van der Waals surface area contributed by atoms with Crippen molar-refractivity contribution in [2.24, 2.45) is 10.9 Å². The van der Waals surface area contributed by atoms with E-state index >= 15 is 0 Å². The van der Waals surface area contributed by atoms with E-state index in [-0.39, 0.29) is 23.0 Å². The predicted molar refractivity (Wildman–Crippen MR) is 135 cm³/mol. The largest absolute Gasteiger partial charge is 0.481 e. The van der Waals surface area contributed by atoms with E-state index in [2.05, 4.69) is 15.0 Å². The zero-order valence-corrected chi connectivity index (χ0v) is 20.6. The zero-order valence-electron chi connectivity index (χ0n) is 19.0. The van der Waals surface area contributed by atoms with E-state index in [1.54, 1.807) is 22.6 Å². The minimum atomic E-state index is -4.51. The Kier molecular flexibility index (Phi) is 6.74. The van der Waals surface area contributed by atoms with E-state index in [9.17, 15) is 23.1 Å². The summed E-state index contributed by atoms with van der Waals surface area (Å²) in [5.41, 5.74) is 1.02. The molecule has 1 fully saturated rings. The number of likely N-dealkylation sites (tertiary alicyclic amines) is 1. The number of amidine groups is 1. The van der Waals surface area contributed by atoms with Crippen LogP contribution in [0.3, 0.4) is 0 Å². The van der Waals surface area contributed by atoms with Crippen LogP contribution in [0.2, 0.25) is 5.02 Å². The highest BCUT2D eigenvalue weighted by Crippen LogP contribution is 2.35. The lowest BCUT2D eigenvalue weighted by atomic mass is 9.98. The number of carbonyl (C=O) groups is 1. The number of aliphatic carboxylic acids is 1. The van der Waals surface area contributed by atoms with Crippen molar-refractivity contribution >= 4 is 51.5 Å². The van der Waals surface area contributed by atoms with Crippen LogP contribution in [-0.2, 0) is 17.5 Å². The first-order chi connectivity index (χ1) is 17.2. The van der Waals surface area contributed by atoms with Gasteiger partial charge in [0.15, 0.2) is 5.17 Å². The molecule has 11 heteroatoms. The van der Waals surface area contributed by atoms with Gasteiger partial charge in [-0.1, -0.05) is 35.5 Å². The van der Waals surface area contributed by atoms with Gasteiger partial charge in [0.1, 0.15) is 0 Å². The number of aliphatic imine (C=N–C) groups is 1. The number of rotatable bonds is 4. The average molecular weight is 535 g/mol. The fraction of sp³-hybridized carbons (Fsp3) is 0.320. The number of aromatic nitrogens is 2. The van der Waals surface area contributed by atoms with Crippen LogP contribution in [0.25, 0.3) is 17.0 Å². The van der Waals surface area contributed by atoms with Crippen molar-refractivity contribution < 1.29 is 23.1 Å². The Morgan fingerprint density at radius 2 is 1.97 bits per heavy atom. The topological polar surface area (TPSA) is 70.7 Å².